The first-order valence-corrected chi connectivity index (χ1v) is 13.0. The first-order valence-electron chi connectivity index (χ1n) is 12.6. The lowest BCUT2D eigenvalue weighted by atomic mass is 9.88. The largest absolute Gasteiger partial charge is 0.496 e. The highest BCUT2D eigenvalue weighted by Gasteiger charge is 2.55. The molecule has 2 aliphatic rings. The predicted octanol–water partition coefficient (Wildman–Crippen LogP) is 5.57. The van der Waals surface area contributed by atoms with E-state index in [9.17, 15) is 22.8 Å². The summed E-state index contributed by atoms with van der Waals surface area (Å²) in [7, 11) is 1.26. The van der Waals surface area contributed by atoms with Gasteiger partial charge in [0.15, 0.2) is 6.73 Å². The van der Waals surface area contributed by atoms with Gasteiger partial charge >= 0.3 is 12.1 Å². The SMILES string of the molecule is COc1ccc(Cl)cc1[C@]1(F)C(=O)N(COC(=O)c2cccc(CN3CCOCC3)c2)c2cc(C(F)(F)F)ccc21. The molecule has 0 aliphatic carbocycles. The number of halogens is 5. The Bertz CT molecular complexity index is 1480. The van der Waals surface area contributed by atoms with Crippen LogP contribution >= 0.6 is 11.6 Å². The summed E-state index contributed by atoms with van der Waals surface area (Å²) in [5.74, 6) is -2.11. The average molecular weight is 593 g/mol. The molecule has 1 amide bonds. The van der Waals surface area contributed by atoms with Crippen LogP contribution in [0, 0.1) is 0 Å². The van der Waals surface area contributed by atoms with Crippen LogP contribution in [0.25, 0.3) is 0 Å². The van der Waals surface area contributed by atoms with Crippen LogP contribution in [0.3, 0.4) is 0 Å². The van der Waals surface area contributed by atoms with Crippen molar-refractivity contribution in [1.82, 2.24) is 4.90 Å². The third-order valence-corrected chi connectivity index (χ3v) is 7.29. The van der Waals surface area contributed by atoms with E-state index in [2.05, 4.69) is 4.90 Å². The lowest BCUT2D eigenvalue weighted by Gasteiger charge is -2.26. The number of fused-ring (bicyclic) bond motifs is 1. The summed E-state index contributed by atoms with van der Waals surface area (Å²) in [5.41, 5.74) is -4.08. The number of esters is 1. The summed E-state index contributed by atoms with van der Waals surface area (Å²) >= 11 is 6.08. The quantitative estimate of drug-likeness (QED) is 0.264. The van der Waals surface area contributed by atoms with Crippen LogP contribution in [0.2, 0.25) is 5.02 Å². The van der Waals surface area contributed by atoms with Gasteiger partial charge in [0.25, 0.3) is 5.91 Å². The zero-order valence-corrected chi connectivity index (χ0v) is 22.6. The van der Waals surface area contributed by atoms with Crippen molar-refractivity contribution in [2.45, 2.75) is 18.4 Å². The van der Waals surface area contributed by atoms with Crippen LogP contribution < -0.4 is 9.64 Å². The summed E-state index contributed by atoms with van der Waals surface area (Å²) in [6.07, 6.45) is -4.77. The molecule has 1 saturated heterocycles. The molecule has 3 aromatic carbocycles. The van der Waals surface area contributed by atoms with Crippen molar-refractivity contribution >= 4 is 29.2 Å². The van der Waals surface area contributed by atoms with Crippen molar-refractivity contribution in [1.29, 1.82) is 0 Å². The van der Waals surface area contributed by atoms with Crippen LogP contribution in [0.15, 0.2) is 60.7 Å². The molecular formula is C29H25ClF4N2O5. The Labute approximate surface area is 238 Å². The van der Waals surface area contributed by atoms with Gasteiger partial charge in [0.1, 0.15) is 5.75 Å². The van der Waals surface area contributed by atoms with E-state index >= 15 is 4.39 Å². The Hall–Kier alpha value is -3.67. The van der Waals surface area contributed by atoms with Gasteiger partial charge in [-0.15, -0.1) is 0 Å². The highest BCUT2D eigenvalue weighted by atomic mass is 35.5. The number of rotatable bonds is 7. The highest BCUT2D eigenvalue weighted by Crippen LogP contribution is 2.51. The molecule has 5 rings (SSSR count). The van der Waals surface area contributed by atoms with Crippen molar-refractivity contribution in [2.75, 3.05) is 45.0 Å². The van der Waals surface area contributed by atoms with Gasteiger partial charge in [-0.1, -0.05) is 29.8 Å². The Morgan fingerprint density at radius 2 is 1.80 bits per heavy atom. The highest BCUT2D eigenvalue weighted by molar-refractivity contribution is 6.30. The van der Waals surface area contributed by atoms with Crippen molar-refractivity contribution in [3.05, 3.63) is 93.5 Å². The molecule has 0 radical (unpaired) electrons. The second kappa shape index (κ2) is 11.3. The molecule has 0 spiro atoms. The van der Waals surface area contributed by atoms with E-state index in [0.717, 1.165) is 24.7 Å². The molecule has 0 saturated carbocycles. The number of benzene rings is 3. The van der Waals surface area contributed by atoms with Gasteiger partial charge in [0.2, 0.25) is 5.67 Å². The summed E-state index contributed by atoms with van der Waals surface area (Å²) in [6.45, 7) is 2.46. The van der Waals surface area contributed by atoms with E-state index in [0.29, 0.717) is 36.8 Å². The monoisotopic (exact) mass is 592 g/mol. The van der Waals surface area contributed by atoms with Crippen LogP contribution in [-0.2, 0) is 32.7 Å². The van der Waals surface area contributed by atoms with Gasteiger partial charge in [-0.25, -0.2) is 9.18 Å². The van der Waals surface area contributed by atoms with Gasteiger partial charge in [-0.05, 0) is 48.0 Å². The molecule has 3 aromatic rings. The topological polar surface area (TPSA) is 68.3 Å². The van der Waals surface area contributed by atoms with Crippen LogP contribution in [-0.4, -0.2) is 56.9 Å². The number of hydrogen-bond donors (Lipinski definition) is 0. The smallest absolute Gasteiger partial charge is 0.416 e. The van der Waals surface area contributed by atoms with E-state index < -0.39 is 36.0 Å². The molecular weight excluding hydrogens is 568 g/mol. The molecule has 41 heavy (non-hydrogen) atoms. The maximum atomic E-state index is 16.9. The molecule has 7 nitrogen and oxygen atoms in total. The second-order valence-electron chi connectivity index (χ2n) is 9.62. The zero-order chi connectivity index (χ0) is 29.4. The molecule has 1 atom stereocenters. The van der Waals surface area contributed by atoms with Crippen molar-refractivity contribution < 1.29 is 41.4 Å². The predicted molar refractivity (Wildman–Crippen MR) is 142 cm³/mol. The Morgan fingerprint density at radius 3 is 2.51 bits per heavy atom. The van der Waals surface area contributed by atoms with Crippen LogP contribution in [0.5, 0.6) is 5.75 Å². The van der Waals surface area contributed by atoms with Crippen molar-refractivity contribution in [3.8, 4) is 5.75 Å². The summed E-state index contributed by atoms with van der Waals surface area (Å²) in [6, 6.07) is 12.9. The Kier molecular flexibility index (Phi) is 7.95. The Morgan fingerprint density at radius 1 is 1.05 bits per heavy atom. The fourth-order valence-electron chi connectivity index (χ4n) is 4.99. The summed E-state index contributed by atoms with van der Waals surface area (Å²) in [5, 5.41) is 0.0842. The minimum atomic E-state index is -4.77. The molecule has 1 fully saturated rings. The number of amides is 1. The van der Waals surface area contributed by atoms with Gasteiger partial charge in [0, 0.05) is 35.8 Å². The molecule has 216 valence electrons. The van der Waals surface area contributed by atoms with E-state index in [1.165, 1.54) is 31.4 Å². The van der Waals surface area contributed by atoms with E-state index in [-0.39, 0.29) is 33.1 Å². The van der Waals surface area contributed by atoms with Gasteiger partial charge in [-0.2, -0.15) is 13.2 Å². The maximum Gasteiger partial charge on any atom is 0.416 e. The third-order valence-electron chi connectivity index (χ3n) is 7.06. The molecule has 2 heterocycles. The molecule has 0 aromatic heterocycles. The first kappa shape index (κ1) is 28.8. The lowest BCUT2D eigenvalue weighted by Crippen LogP contribution is -2.40. The second-order valence-corrected chi connectivity index (χ2v) is 10.1. The average Bonchev–Trinajstić information content (AvgIpc) is 3.18. The molecule has 0 unspecified atom stereocenters. The van der Waals surface area contributed by atoms with E-state index in [1.807, 2.05) is 6.07 Å². The zero-order valence-electron chi connectivity index (χ0n) is 21.8. The van der Waals surface area contributed by atoms with E-state index in [4.69, 9.17) is 25.8 Å². The Balaban J connectivity index is 1.44. The van der Waals surface area contributed by atoms with Gasteiger partial charge in [0.05, 0.1) is 37.1 Å². The number of morpholine rings is 1. The summed E-state index contributed by atoms with van der Waals surface area (Å²) < 4.78 is 73.6. The fraction of sp³-hybridized carbons (Fsp3) is 0.310. The molecule has 0 N–H and O–H groups in total. The van der Waals surface area contributed by atoms with E-state index in [1.54, 1.807) is 12.1 Å². The number of methoxy groups -OCH3 is 1. The summed E-state index contributed by atoms with van der Waals surface area (Å²) in [4.78, 5) is 29.4. The number of ether oxygens (including phenoxy) is 3. The third kappa shape index (κ3) is 5.61. The number of hydrogen-bond acceptors (Lipinski definition) is 6. The number of alkyl halides is 4. The number of nitrogens with zero attached hydrogens (tertiary/aromatic N) is 2. The molecule has 2 aliphatic heterocycles. The van der Waals surface area contributed by atoms with Crippen molar-refractivity contribution in [2.24, 2.45) is 0 Å². The lowest BCUT2D eigenvalue weighted by molar-refractivity contribution is -0.137. The number of carbonyl (C=O) groups excluding carboxylic acids is 2. The number of carbonyl (C=O) groups is 2. The molecule has 0 bridgehead atoms. The molecule has 12 heteroatoms. The maximum absolute atomic E-state index is 16.9. The number of anilines is 1. The normalized spacial score (nSPS) is 19.3. The van der Waals surface area contributed by atoms with Crippen LogP contribution in [0.4, 0.5) is 23.2 Å². The first-order chi connectivity index (χ1) is 19.5. The fourth-order valence-corrected chi connectivity index (χ4v) is 5.16. The van der Waals surface area contributed by atoms with Gasteiger partial charge < -0.3 is 14.2 Å². The standard InChI is InChI=1S/C29H25ClF4N2O5/c1-39-25-8-6-21(30)15-23(25)28(31)22-7-5-20(29(32,33)34)14-24(22)36(27(28)38)17-41-26(37)19-4-2-3-18(13-19)16-35-9-11-40-12-10-35/h2-8,13-15H,9-12,16-17H2,1H3/t28-/m0/s1. The van der Waals surface area contributed by atoms with Crippen LogP contribution in [0.1, 0.15) is 32.6 Å². The van der Waals surface area contributed by atoms with Gasteiger partial charge in [-0.3, -0.25) is 14.6 Å². The minimum absolute atomic E-state index is 0.0352. The van der Waals surface area contributed by atoms with Crippen molar-refractivity contribution in [3.63, 3.8) is 0 Å². The minimum Gasteiger partial charge on any atom is -0.496 e.